The van der Waals surface area contributed by atoms with Gasteiger partial charge in [0, 0.05) is 30.0 Å². The van der Waals surface area contributed by atoms with Crippen LogP contribution in [0.5, 0.6) is 0 Å². The third kappa shape index (κ3) is 5.83. The molecule has 0 fully saturated rings. The first kappa shape index (κ1) is 20.4. The first-order valence-electron chi connectivity index (χ1n) is 9.12. The molecule has 3 rings (SSSR count). The van der Waals surface area contributed by atoms with Crippen LogP contribution in [0.4, 0.5) is 10.5 Å². The molecule has 0 bridgehead atoms. The highest BCUT2D eigenvalue weighted by Gasteiger charge is 2.10. The summed E-state index contributed by atoms with van der Waals surface area (Å²) in [6.07, 6.45) is 1.05. The molecule has 2 N–H and O–H groups in total. The lowest BCUT2D eigenvalue weighted by atomic mass is 10.2. The molecule has 0 radical (unpaired) electrons. The van der Waals surface area contributed by atoms with Crippen LogP contribution in [-0.2, 0) is 24.4 Å². The number of carbonyl (C=O) groups is 2. The zero-order valence-corrected chi connectivity index (χ0v) is 16.6. The van der Waals surface area contributed by atoms with Crippen molar-refractivity contribution in [1.29, 1.82) is 0 Å². The Morgan fingerprint density at radius 3 is 2.41 bits per heavy atom. The van der Waals surface area contributed by atoms with E-state index in [1.807, 2.05) is 19.1 Å². The van der Waals surface area contributed by atoms with Gasteiger partial charge in [-0.15, -0.1) is 0 Å². The number of amides is 2. The predicted molar refractivity (Wildman–Crippen MR) is 111 cm³/mol. The highest BCUT2D eigenvalue weighted by Crippen LogP contribution is 2.12. The van der Waals surface area contributed by atoms with Crippen molar-refractivity contribution in [2.45, 2.75) is 26.6 Å². The van der Waals surface area contributed by atoms with Gasteiger partial charge in [0.05, 0.1) is 0 Å². The number of hydrogen-bond acceptors (Lipinski definition) is 4. The highest BCUT2D eigenvalue weighted by atomic mass is 35.5. The van der Waals surface area contributed by atoms with Gasteiger partial charge in [0.2, 0.25) is 0 Å². The maximum atomic E-state index is 12.2. The number of aryl methyl sites for hydroxylation is 1. The average Bonchev–Trinajstić information content (AvgIpc) is 3.22. The van der Waals surface area contributed by atoms with E-state index in [1.54, 1.807) is 53.3 Å². The van der Waals surface area contributed by atoms with Gasteiger partial charge < -0.3 is 10.1 Å². The van der Waals surface area contributed by atoms with Crippen LogP contribution in [0.15, 0.2) is 60.8 Å². The largest absolute Gasteiger partial charge is 0.444 e. The Hall–Kier alpha value is -3.32. The number of carbonyl (C=O) groups excluding carboxylic acids is 2. The first-order valence-corrected chi connectivity index (χ1v) is 9.50. The summed E-state index contributed by atoms with van der Waals surface area (Å²) in [5.74, 6) is -0.183. The summed E-state index contributed by atoms with van der Waals surface area (Å²) in [4.78, 5) is 24.1. The Balaban J connectivity index is 1.46. The van der Waals surface area contributed by atoms with Crippen molar-refractivity contribution in [3.05, 3.63) is 82.6 Å². The molecule has 0 aliphatic carbocycles. The van der Waals surface area contributed by atoms with Gasteiger partial charge >= 0.3 is 6.09 Å². The van der Waals surface area contributed by atoms with Gasteiger partial charge in [-0.2, -0.15) is 5.10 Å². The molecule has 1 heterocycles. The van der Waals surface area contributed by atoms with Gasteiger partial charge in [-0.25, -0.2) is 4.79 Å². The number of rotatable bonds is 7. The van der Waals surface area contributed by atoms with Crippen molar-refractivity contribution >= 4 is 29.3 Å². The quantitative estimate of drug-likeness (QED) is 0.608. The lowest BCUT2D eigenvalue weighted by molar-refractivity contribution is 0.0940. The number of aromatic nitrogens is 2. The Labute approximate surface area is 173 Å². The van der Waals surface area contributed by atoms with Gasteiger partial charge in [-0.1, -0.05) is 35.9 Å². The lowest BCUT2D eigenvalue weighted by Crippen LogP contribution is -2.25. The first-order chi connectivity index (χ1) is 14.0. The van der Waals surface area contributed by atoms with Crippen molar-refractivity contribution < 1.29 is 14.3 Å². The minimum atomic E-state index is -0.547. The number of ether oxygens (including phenoxy) is 1. The number of anilines is 1. The number of hydrogen-bond donors (Lipinski definition) is 2. The number of nitrogens with zero attached hydrogens (tertiary/aromatic N) is 2. The van der Waals surface area contributed by atoms with Crippen LogP contribution in [-0.4, -0.2) is 21.8 Å². The minimum absolute atomic E-state index is 0.154. The normalized spacial score (nSPS) is 10.4. The summed E-state index contributed by atoms with van der Waals surface area (Å²) in [6.45, 7) is 3.08. The van der Waals surface area contributed by atoms with Crippen LogP contribution in [0.1, 0.15) is 28.5 Å². The molecule has 0 unspecified atom stereocenters. The molecule has 1 aromatic heterocycles. The Morgan fingerprint density at radius 1 is 1.03 bits per heavy atom. The van der Waals surface area contributed by atoms with E-state index in [9.17, 15) is 9.59 Å². The SMILES string of the molecule is CCn1nccc1C(=O)NCc1ccc(NC(=O)OCc2ccc(Cl)cc2)cc1. The molecule has 7 nitrogen and oxygen atoms in total. The van der Waals surface area contributed by atoms with Crippen molar-refractivity contribution in [3.63, 3.8) is 0 Å². The molecule has 8 heteroatoms. The van der Waals surface area contributed by atoms with Crippen LogP contribution < -0.4 is 10.6 Å². The molecule has 2 aromatic carbocycles. The van der Waals surface area contributed by atoms with E-state index in [-0.39, 0.29) is 12.5 Å². The molecule has 0 aliphatic rings. The predicted octanol–water partition coefficient (Wildman–Crippen LogP) is 4.24. The number of nitrogens with one attached hydrogen (secondary N) is 2. The molecule has 0 spiro atoms. The summed E-state index contributed by atoms with van der Waals surface area (Å²) in [7, 11) is 0. The lowest BCUT2D eigenvalue weighted by Gasteiger charge is -2.09. The fraction of sp³-hybridized carbons (Fsp3) is 0.190. The molecule has 0 aliphatic heterocycles. The highest BCUT2D eigenvalue weighted by molar-refractivity contribution is 6.30. The van der Waals surface area contributed by atoms with Crippen LogP contribution in [0.2, 0.25) is 5.02 Å². The van der Waals surface area contributed by atoms with Crippen LogP contribution in [0.25, 0.3) is 0 Å². The van der Waals surface area contributed by atoms with Crippen molar-refractivity contribution in [3.8, 4) is 0 Å². The van der Waals surface area contributed by atoms with Crippen molar-refractivity contribution in [1.82, 2.24) is 15.1 Å². The summed E-state index contributed by atoms with van der Waals surface area (Å²) in [5.41, 5.74) is 2.88. The second-order valence-electron chi connectivity index (χ2n) is 6.24. The minimum Gasteiger partial charge on any atom is -0.444 e. The van der Waals surface area contributed by atoms with Gasteiger partial charge in [-0.3, -0.25) is 14.8 Å². The third-order valence-corrected chi connectivity index (χ3v) is 4.44. The third-order valence-electron chi connectivity index (χ3n) is 4.19. The summed E-state index contributed by atoms with van der Waals surface area (Å²) < 4.78 is 6.82. The van der Waals surface area contributed by atoms with Gasteiger partial charge in [0.25, 0.3) is 5.91 Å². The zero-order chi connectivity index (χ0) is 20.6. The van der Waals surface area contributed by atoms with Gasteiger partial charge in [-0.05, 0) is 48.4 Å². The molecule has 2 amide bonds. The second kappa shape index (κ2) is 9.75. The fourth-order valence-corrected chi connectivity index (χ4v) is 2.77. The Morgan fingerprint density at radius 2 is 1.72 bits per heavy atom. The number of benzene rings is 2. The molecule has 0 atom stereocenters. The zero-order valence-electron chi connectivity index (χ0n) is 15.9. The summed E-state index contributed by atoms with van der Waals surface area (Å²) in [6, 6.07) is 15.9. The molecule has 29 heavy (non-hydrogen) atoms. The molecule has 0 saturated heterocycles. The smallest absolute Gasteiger partial charge is 0.411 e. The monoisotopic (exact) mass is 412 g/mol. The standard InChI is InChI=1S/C21H21ClN4O3/c1-2-26-19(11-12-24-26)20(27)23-13-15-5-9-18(10-6-15)25-21(28)29-14-16-3-7-17(22)8-4-16/h3-12H,2,13-14H2,1H3,(H,23,27)(H,25,28). The summed E-state index contributed by atoms with van der Waals surface area (Å²) in [5, 5.41) is 10.2. The van der Waals surface area contributed by atoms with E-state index in [1.165, 1.54) is 0 Å². The molecule has 3 aromatic rings. The molecular formula is C21H21ClN4O3. The molecule has 150 valence electrons. The maximum absolute atomic E-state index is 12.2. The average molecular weight is 413 g/mol. The fourth-order valence-electron chi connectivity index (χ4n) is 2.64. The van der Waals surface area contributed by atoms with E-state index >= 15 is 0 Å². The van der Waals surface area contributed by atoms with E-state index < -0.39 is 6.09 Å². The van der Waals surface area contributed by atoms with Gasteiger partial charge in [0.15, 0.2) is 0 Å². The van der Waals surface area contributed by atoms with Gasteiger partial charge in [0.1, 0.15) is 12.3 Å². The summed E-state index contributed by atoms with van der Waals surface area (Å²) >= 11 is 5.83. The van der Waals surface area contributed by atoms with Crippen molar-refractivity contribution in [2.75, 3.05) is 5.32 Å². The molecular weight excluding hydrogens is 392 g/mol. The van der Waals surface area contributed by atoms with E-state index in [0.29, 0.717) is 29.5 Å². The van der Waals surface area contributed by atoms with E-state index in [0.717, 1.165) is 11.1 Å². The molecule has 0 saturated carbocycles. The van der Waals surface area contributed by atoms with Crippen LogP contribution in [0, 0.1) is 0 Å². The topological polar surface area (TPSA) is 85.3 Å². The van der Waals surface area contributed by atoms with Crippen molar-refractivity contribution in [2.24, 2.45) is 0 Å². The van der Waals surface area contributed by atoms with Crippen LogP contribution >= 0.6 is 11.6 Å². The van der Waals surface area contributed by atoms with Crippen LogP contribution in [0.3, 0.4) is 0 Å². The maximum Gasteiger partial charge on any atom is 0.411 e. The Bertz CT molecular complexity index is 968. The second-order valence-corrected chi connectivity index (χ2v) is 6.68. The van der Waals surface area contributed by atoms with E-state index in [4.69, 9.17) is 16.3 Å². The van der Waals surface area contributed by atoms with E-state index in [2.05, 4.69) is 15.7 Å². The Kier molecular flexibility index (Phi) is 6.86. The number of halogens is 1.